The number of rotatable bonds is 12. The summed E-state index contributed by atoms with van der Waals surface area (Å²) >= 11 is 0. The van der Waals surface area contributed by atoms with Crippen LogP contribution in [0.25, 0.3) is 22.4 Å². The van der Waals surface area contributed by atoms with Crippen LogP contribution in [0, 0.1) is 0 Å². The second kappa shape index (κ2) is 14.5. The van der Waals surface area contributed by atoms with Gasteiger partial charge in [0.05, 0.1) is 17.9 Å². The lowest BCUT2D eigenvalue weighted by Gasteiger charge is -2.18. The minimum Gasteiger partial charge on any atom is -0.350 e. The third-order valence-electron chi connectivity index (χ3n) is 7.62. The predicted molar refractivity (Wildman–Crippen MR) is 173 cm³/mol. The average molecular weight is 623 g/mol. The van der Waals surface area contributed by atoms with Crippen LogP contribution >= 0.6 is 0 Å². The van der Waals surface area contributed by atoms with Gasteiger partial charge >= 0.3 is 0 Å². The van der Waals surface area contributed by atoms with E-state index in [1.165, 1.54) is 0 Å². The smallest absolute Gasteiger partial charge is 0.262 e. The number of hydrogen-bond donors (Lipinski definition) is 4. The minimum absolute atomic E-state index is 0.0347. The molecular weight excluding hydrogens is 584 g/mol. The Morgan fingerprint density at radius 1 is 0.978 bits per heavy atom. The highest BCUT2D eigenvalue weighted by molar-refractivity contribution is 5.98. The van der Waals surface area contributed by atoms with Gasteiger partial charge in [0.15, 0.2) is 0 Å². The summed E-state index contributed by atoms with van der Waals surface area (Å²) in [5, 5.41) is 14.9. The first-order valence-electron chi connectivity index (χ1n) is 15.3. The molecule has 4 aromatic rings. The molecule has 2 aromatic heterocycles. The molecule has 2 heterocycles. The van der Waals surface area contributed by atoms with E-state index in [-0.39, 0.29) is 36.7 Å². The number of amides is 4. The van der Waals surface area contributed by atoms with Crippen molar-refractivity contribution in [2.45, 2.75) is 58.2 Å². The van der Waals surface area contributed by atoms with E-state index >= 15 is 0 Å². The fourth-order valence-corrected chi connectivity index (χ4v) is 4.91. The molecule has 1 saturated carbocycles. The van der Waals surface area contributed by atoms with E-state index < -0.39 is 11.8 Å². The van der Waals surface area contributed by atoms with Crippen LogP contribution in [0.4, 0.5) is 0 Å². The van der Waals surface area contributed by atoms with Gasteiger partial charge in [0, 0.05) is 67.3 Å². The summed E-state index contributed by atoms with van der Waals surface area (Å²) in [6, 6.07) is 15.1. The summed E-state index contributed by atoms with van der Waals surface area (Å²) in [7, 11) is 1.87. The average Bonchev–Trinajstić information content (AvgIpc) is 3.54. The summed E-state index contributed by atoms with van der Waals surface area (Å²) in [5.41, 5.74) is 10.3. The van der Waals surface area contributed by atoms with Gasteiger partial charge in [-0.3, -0.25) is 39.4 Å². The lowest BCUT2D eigenvalue weighted by atomic mass is 9.96. The van der Waals surface area contributed by atoms with Crippen molar-refractivity contribution < 1.29 is 19.2 Å². The van der Waals surface area contributed by atoms with Crippen molar-refractivity contribution in [3.63, 3.8) is 0 Å². The first-order valence-corrected chi connectivity index (χ1v) is 15.3. The van der Waals surface area contributed by atoms with E-state index in [2.05, 4.69) is 37.7 Å². The SMILES string of the molecule is CCn1ccc(-c2cc(-c3cnn(C)c3)cc([C@@H](C)NC(=O)c3ccccc3CCC(=O)NNC(=O)/C=C/C(=O)NC3CC3)c2)n1. The molecular formula is C34H38N8O4. The predicted octanol–water partition coefficient (Wildman–Crippen LogP) is 3.38. The zero-order chi connectivity index (χ0) is 32.6. The number of benzene rings is 2. The van der Waals surface area contributed by atoms with Crippen molar-refractivity contribution >= 4 is 23.6 Å². The molecule has 0 spiro atoms. The number of nitrogens with one attached hydrogen (secondary N) is 4. The van der Waals surface area contributed by atoms with E-state index in [4.69, 9.17) is 0 Å². The van der Waals surface area contributed by atoms with Gasteiger partial charge in [-0.15, -0.1) is 0 Å². The lowest BCUT2D eigenvalue weighted by molar-refractivity contribution is -0.126. The Hall–Kier alpha value is -5.52. The Labute approximate surface area is 267 Å². The van der Waals surface area contributed by atoms with Crippen LogP contribution in [0.3, 0.4) is 0 Å². The molecule has 12 nitrogen and oxygen atoms in total. The Morgan fingerprint density at radius 2 is 1.74 bits per heavy atom. The van der Waals surface area contributed by atoms with Gasteiger partial charge in [-0.2, -0.15) is 10.2 Å². The van der Waals surface area contributed by atoms with Crippen LogP contribution in [-0.2, 0) is 34.4 Å². The molecule has 0 saturated heterocycles. The molecule has 1 aliphatic carbocycles. The molecule has 46 heavy (non-hydrogen) atoms. The maximum Gasteiger partial charge on any atom is 0.262 e. The molecule has 4 amide bonds. The zero-order valence-electron chi connectivity index (χ0n) is 26.1. The Balaban J connectivity index is 1.22. The van der Waals surface area contributed by atoms with Crippen LogP contribution in [0.5, 0.6) is 0 Å². The van der Waals surface area contributed by atoms with Gasteiger partial charge in [0.25, 0.3) is 11.8 Å². The van der Waals surface area contributed by atoms with E-state index in [0.717, 1.165) is 59.5 Å². The topological polar surface area (TPSA) is 152 Å². The molecule has 0 bridgehead atoms. The van der Waals surface area contributed by atoms with E-state index in [0.29, 0.717) is 11.1 Å². The van der Waals surface area contributed by atoms with Gasteiger partial charge < -0.3 is 10.6 Å². The highest BCUT2D eigenvalue weighted by Crippen LogP contribution is 2.30. The minimum atomic E-state index is -0.623. The molecule has 1 aliphatic rings. The van der Waals surface area contributed by atoms with Gasteiger partial charge in [-0.25, -0.2) is 0 Å². The molecule has 12 heteroatoms. The summed E-state index contributed by atoms with van der Waals surface area (Å²) in [6.45, 7) is 4.72. The van der Waals surface area contributed by atoms with Gasteiger partial charge in [0.1, 0.15) is 0 Å². The van der Waals surface area contributed by atoms with Crippen molar-refractivity contribution in [3.8, 4) is 22.4 Å². The number of hydrazine groups is 1. The summed E-state index contributed by atoms with van der Waals surface area (Å²) in [5.74, 6) is -1.67. The van der Waals surface area contributed by atoms with Crippen molar-refractivity contribution in [2.24, 2.45) is 7.05 Å². The van der Waals surface area contributed by atoms with Gasteiger partial charge in [-0.1, -0.05) is 18.2 Å². The third kappa shape index (κ3) is 8.56. The van der Waals surface area contributed by atoms with Crippen molar-refractivity contribution in [1.29, 1.82) is 0 Å². The molecule has 1 fully saturated rings. The Bertz CT molecular complexity index is 1770. The highest BCUT2D eigenvalue weighted by atomic mass is 16.2. The summed E-state index contributed by atoms with van der Waals surface area (Å²) in [6.07, 6.45) is 10.1. The van der Waals surface area contributed by atoms with Crippen LogP contribution in [-0.4, -0.2) is 49.2 Å². The summed E-state index contributed by atoms with van der Waals surface area (Å²) in [4.78, 5) is 49.6. The van der Waals surface area contributed by atoms with Crippen molar-refractivity contribution in [1.82, 2.24) is 41.0 Å². The molecule has 0 aliphatic heterocycles. The zero-order valence-corrected chi connectivity index (χ0v) is 26.1. The molecule has 0 unspecified atom stereocenters. The molecule has 2 aromatic carbocycles. The number of aryl methyl sites for hydroxylation is 3. The summed E-state index contributed by atoms with van der Waals surface area (Å²) < 4.78 is 3.62. The van der Waals surface area contributed by atoms with E-state index in [1.807, 2.05) is 62.2 Å². The van der Waals surface area contributed by atoms with Gasteiger partial charge in [-0.05, 0) is 80.1 Å². The first kappa shape index (κ1) is 31.9. The fraction of sp³-hybridized carbons (Fsp3) is 0.294. The third-order valence-corrected chi connectivity index (χ3v) is 7.62. The molecule has 0 radical (unpaired) electrons. The fourth-order valence-electron chi connectivity index (χ4n) is 4.91. The molecule has 1 atom stereocenters. The van der Waals surface area contributed by atoms with E-state index in [1.54, 1.807) is 29.1 Å². The van der Waals surface area contributed by atoms with Crippen LogP contribution in [0.2, 0.25) is 0 Å². The van der Waals surface area contributed by atoms with Crippen LogP contribution in [0.15, 0.2) is 79.3 Å². The largest absolute Gasteiger partial charge is 0.350 e. The number of aromatic nitrogens is 4. The quantitative estimate of drug-likeness (QED) is 0.140. The van der Waals surface area contributed by atoms with Crippen molar-refractivity contribution in [2.75, 3.05) is 0 Å². The van der Waals surface area contributed by atoms with E-state index in [9.17, 15) is 19.2 Å². The number of nitrogens with zero attached hydrogens (tertiary/aromatic N) is 4. The first-order chi connectivity index (χ1) is 22.2. The second-order valence-corrected chi connectivity index (χ2v) is 11.3. The monoisotopic (exact) mass is 622 g/mol. The van der Waals surface area contributed by atoms with Gasteiger partial charge in [0.2, 0.25) is 11.8 Å². The second-order valence-electron chi connectivity index (χ2n) is 11.3. The normalized spacial score (nSPS) is 13.3. The molecule has 4 N–H and O–H groups in total. The van der Waals surface area contributed by atoms with Crippen LogP contribution in [0.1, 0.15) is 60.6 Å². The maximum absolute atomic E-state index is 13.5. The number of carbonyl (C=O) groups excluding carboxylic acids is 4. The Morgan fingerprint density at radius 3 is 2.46 bits per heavy atom. The number of carbonyl (C=O) groups is 4. The van der Waals surface area contributed by atoms with Crippen molar-refractivity contribution in [3.05, 3.63) is 96.0 Å². The molecule has 238 valence electrons. The lowest BCUT2D eigenvalue weighted by Crippen LogP contribution is -2.41. The van der Waals surface area contributed by atoms with Crippen LogP contribution < -0.4 is 21.5 Å². The highest BCUT2D eigenvalue weighted by Gasteiger charge is 2.22. The number of hydrogen-bond acceptors (Lipinski definition) is 6. The molecule has 5 rings (SSSR count). The maximum atomic E-state index is 13.5. The standard InChI is InChI=1S/C34H38N8O4/c1-4-42-16-15-30(40-42)26-18-24(17-25(19-26)27-20-35-41(3)21-27)22(2)36-34(46)29-8-6-5-7-23(29)9-12-32(44)38-39-33(45)14-13-31(43)37-28-10-11-28/h5-8,13-22,28H,4,9-12H2,1-3H3,(H,36,46)(H,37,43)(H,38,44)(H,39,45)/b14-13+/t22-/m1/s1. The Kier molecular flexibility index (Phi) is 10.1.